The molecule has 8 heteroatoms. The molecule has 1 saturated carbocycles. The van der Waals surface area contributed by atoms with E-state index in [4.69, 9.17) is 0 Å². The minimum absolute atomic E-state index is 0.0227. The summed E-state index contributed by atoms with van der Waals surface area (Å²) >= 11 is 1.23. The first-order valence-corrected chi connectivity index (χ1v) is 9.70. The van der Waals surface area contributed by atoms with E-state index in [1.165, 1.54) is 55.7 Å². The van der Waals surface area contributed by atoms with Crippen LogP contribution in [0.5, 0.6) is 0 Å². The zero-order valence-electron chi connectivity index (χ0n) is 14.4. The van der Waals surface area contributed by atoms with E-state index in [1.54, 1.807) is 11.4 Å². The summed E-state index contributed by atoms with van der Waals surface area (Å²) in [5.74, 6) is 0.00898. The molecule has 2 heterocycles. The number of nitrogens with one attached hydrogen (secondary N) is 3. The fraction of sp³-hybridized carbons (Fsp3) is 0.444. The lowest BCUT2D eigenvalue weighted by molar-refractivity contribution is -0.120. The largest absolute Gasteiger partial charge is 0.355 e. The number of carbonyl (C=O) groups excluding carboxylic acids is 2. The van der Waals surface area contributed by atoms with Crippen molar-refractivity contribution in [1.29, 1.82) is 0 Å². The number of amides is 2. The number of thiazole rings is 1. The minimum Gasteiger partial charge on any atom is -0.355 e. The van der Waals surface area contributed by atoms with Crippen LogP contribution in [0.2, 0.25) is 0 Å². The van der Waals surface area contributed by atoms with Gasteiger partial charge in [0.05, 0.1) is 12.1 Å². The molecular weight excluding hydrogens is 352 g/mol. The molecule has 0 spiro atoms. The van der Waals surface area contributed by atoms with E-state index in [2.05, 4.69) is 20.6 Å². The van der Waals surface area contributed by atoms with E-state index in [0.29, 0.717) is 16.7 Å². The Morgan fingerprint density at radius 2 is 2.08 bits per heavy atom. The Bertz CT molecular complexity index is 824. The number of aromatic nitrogens is 2. The average molecular weight is 374 g/mol. The molecule has 0 aromatic carbocycles. The highest BCUT2D eigenvalue weighted by Crippen LogP contribution is 2.22. The molecule has 0 aliphatic heterocycles. The monoisotopic (exact) mass is 374 g/mol. The molecule has 2 aromatic heterocycles. The molecule has 1 aliphatic rings. The normalized spacial score (nSPS) is 14.8. The van der Waals surface area contributed by atoms with Gasteiger partial charge in [0.15, 0.2) is 5.13 Å². The molecule has 0 unspecified atom stereocenters. The molecule has 0 saturated heterocycles. The Morgan fingerprint density at radius 3 is 2.85 bits per heavy atom. The predicted octanol–water partition coefficient (Wildman–Crippen LogP) is 2.32. The SMILES string of the molecule is O=C(Cc1csc(NC(=O)c2ccc[nH]c2=O)n1)NCC1CCCCC1. The van der Waals surface area contributed by atoms with Crippen LogP contribution in [0, 0.1) is 5.92 Å². The summed E-state index contributed by atoms with van der Waals surface area (Å²) in [6, 6.07) is 3.03. The number of rotatable bonds is 6. The molecule has 0 radical (unpaired) electrons. The molecule has 3 rings (SSSR count). The van der Waals surface area contributed by atoms with Gasteiger partial charge in [-0.1, -0.05) is 19.3 Å². The van der Waals surface area contributed by atoms with E-state index in [-0.39, 0.29) is 17.9 Å². The lowest BCUT2D eigenvalue weighted by atomic mass is 9.89. The van der Waals surface area contributed by atoms with Crippen LogP contribution in [0.1, 0.15) is 48.2 Å². The fourth-order valence-electron chi connectivity index (χ4n) is 3.09. The zero-order chi connectivity index (χ0) is 18.4. The Morgan fingerprint density at radius 1 is 1.27 bits per heavy atom. The molecule has 26 heavy (non-hydrogen) atoms. The van der Waals surface area contributed by atoms with Gasteiger partial charge in [-0.3, -0.25) is 19.7 Å². The Hall–Kier alpha value is -2.48. The highest BCUT2D eigenvalue weighted by Gasteiger charge is 2.16. The number of anilines is 1. The first-order chi connectivity index (χ1) is 12.6. The number of aromatic amines is 1. The number of nitrogens with zero attached hydrogens (tertiary/aromatic N) is 1. The van der Waals surface area contributed by atoms with Gasteiger partial charge in [0.25, 0.3) is 11.5 Å². The van der Waals surface area contributed by atoms with Gasteiger partial charge in [-0.25, -0.2) is 4.98 Å². The maximum absolute atomic E-state index is 12.1. The van der Waals surface area contributed by atoms with E-state index < -0.39 is 11.5 Å². The molecule has 2 aromatic rings. The molecule has 7 nitrogen and oxygen atoms in total. The molecule has 3 N–H and O–H groups in total. The van der Waals surface area contributed by atoms with E-state index in [0.717, 1.165) is 6.54 Å². The van der Waals surface area contributed by atoms with Crippen LogP contribution >= 0.6 is 11.3 Å². The third kappa shape index (κ3) is 5.01. The number of hydrogen-bond donors (Lipinski definition) is 3. The summed E-state index contributed by atoms with van der Waals surface area (Å²) in [6.45, 7) is 0.726. The third-order valence-corrected chi connectivity index (χ3v) is 5.30. The standard InChI is InChI=1S/C18H22N4O3S/c23-15(20-10-12-5-2-1-3-6-12)9-13-11-26-18(21-13)22-17(25)14-7-4-8-19-16(14)24/h4,7-8,11-12H,1-3,5-6,9-10H2,(H,19,24)(H,20,23)(H,21,22,25). The van der Waals surface area contributed by atoms with Crippen LogP contribution < -0.4 is 16.2 Å². The zero-order valence-corrected chi connectivity index (χ0v) is 15.2. The molecule has 1 aliphatic carbocycles. The summed E-state index contributed by atoms with van der Waals surface area (Å²) in [5, 5.41) is 7.68. The van der Waals surface area contributed by atoms with Gasteiger partial charge < -0.3 is 10.3 Å². The van der Waals surface area contributed by atoms with E-state index in [9.17, 15) is 14.4 Å². The van der Waals surface area contributed by atoms with Crippen LogP contribution in [-0.4, -0.2) is 28.3 Å². The van der Waals surface area contributed by atoms with Gasteiger partial charge in [0.2, 0.25) is 5.91 Å². The molecule has 0 atom stereocenters. The van der Waals surface area contributed by atoms with Crippen LogP contribution in [-0.2, 0) is 11.2 Å². The molecule has 138 valence electrons. The van der Waals surface area contributed by atoms with Gasteiger partial charge in [0, 0.05) is 18.1 Å². The van der Waals surface area contributed by atoms with Crippen LogP contribution in [0.4, 0.5) is 5.13 Å². The predicted molar refractivity (Wildman–Crippen MR) is 100 cm³/mol. The summed E-state index contributed by atoms with van der Waals surface area (Å²) in [4.78, 5) is 42.5. The number of carbonyl (C=O) groups is 2. The Labute approximate surface area is 155 Å². The van der Waals surface area contributed by atoms with Crippen molar-refractivity contribution < 1.29 is 9.59 Å². The van der Waals surface area contributed by atoms with E-state index in [1.807, 2.05) is 0 Å². The van der Waals surface area contributed by atoms with Crippen LogP contribution in [0.25, 0.3) is 0 Å². The van der Waals surface area contributed by atoms with Gasteiger partial charge in [0.1, 0.15) is 5.56 Å². The fourth-order valence-corrected chi connectivity index (χ4v) is 3.79. The first kappa shape index (κ1) is 18.3. The maximum atomic E-state index is 12.1. The third-order valence-electron chi connectivity index (χ3n) is 4.49. The van der Waals surface area contributed by atoms with Crippen LogP contribution in [0.3, 0.4) is 0 Å². The molecule has 2 amide bonds. The van der Waals surface area contributed by atoms with Gasteiger partial charge in [-0.05, 0) is 30.9 Å². The number of hydrogen-bond acceptors (Lipinski definition) is 5. The van der Waals surface area contributed by atoms with Gasteiger partial charge in [-0.2, -0.15) is 0 Å². The van der Waals surface area contributed by atoms with Crippen molar-refractivity contribution in [2.75, 3.05) is 11.9 Å². The quantitative estimate of drug-likeness (QED) is 0.722. The second kappa shape index (κ2) is 8.75. The maximum Gasteiger partial charge on any atom is 0.263 e. The van der Waals surface area contributed by atoms with E-state index >= 15 is 0 Å². The smallest absolute Gasteiger partial charge is 0.263 e. The topological polar surface area (TPSA) is 104 Å². The average Bonchev–Trinajstić information content (AvgIpc) is 3.08. The summed E-state index contributed by atoms with van der Waals surface area (Å²) in [5.41, 5.74) is 0.173. The highest BCUT2D eigenvalue weighted by molar-refractivity contribution is 7.14. The lowest BCUT2D eigenvalue weighted by Crippen LogP contribution is -2.31. The number of pyridine rings is 1. The van der Waals surface area contributed by atoms with Gasteiger partial charge >= 0.3 is 0 Å². The number of H-pyrrole nitrogens is 1. The molecule has 0 bridgehead atoms. The van der Waals surface area contributed by atoms with Gasteiger partial charge in [-0.15, -0.1) is 11.3 Å². The lowest BCUT2D eigenvalue weighted by Gasteiger charge is -2.21. The van der Waals surface area contributed by atoms with Crippen molar-refractivity contribution in [2.45, 2.75) is 38.5 Å². The van der Waals surface area contributed by atoms with Crippen molar-refractivity contribution in [1.82, 2.24) is 15.3 Å². The Balaban J connectivity index is 1.49. The first-order valence-electron chi connectivity index (χ1n) is 8.82. The second-order valence-electron chi connectivity index (χ2n) is 6.50. The minimum atomic E-state index is -0.519. The van der Waals surface area contributed by atoms with Crippen molar-refractivity contribution in [2.24, 2.45) is 5.92 Å². The van der Waals surface area contributed by atoms with Crippen molar-refractivity contribution in [3.05, 3.63) is 45.3 Å². The molecular formula is C18H22N4O3S. The summed E-state index contributed by atoms with van der Waals surface area (Å²) in [7, 11) is 0. The van der Waals surface area contributed by atoms with Crippen LogP contribution in [0.15, 0.2) is 28.5 Å². The van der Waals surface area contributed by atoms with Crippen molar-refractivity contribution >= 4 is 28.3 Å². The van der Waals surface area contributed by atoms with Crippen molar-refractivity contribution in [3.63, 3.8) is 0 Å². The second-order valence-corrected chi connectivity index (χ2v) is 7.35. The highest BCUT2D eigenvalue weighted by atomic mass is 32.1. The summed E-state index contributed by atoms with van der Waals surface area (Å²) < 4.78 is 0. The van der Waals surface area contributed by atoms with Crippen molar-refractivity contribution in [3.8, 4) is 0 Å². The Kier molecular flexibility index (Phi) is 6.17. The summed E-state index contributed by atoms with van der Waals surface area (Å²) in [6.07, 6.45) is 7.82. The molecule has 1 fully saturated rings.